The summed E-state index contributed by atoms with van der Waals surface area (Å²) in [7, 11) is 1.79. The Morgan fingerprint density at radius 3 is 2.95 bits per heavy atom. The molecular formula is C13H17ClN4O2. The van der Waals surface area contributed by atoms with E-state index in [0.29, 0.717) is 17.1 Å². The molecule has 1 unspecified atom stereocenters. The van der Waals surface area contributed by atoms with Crippen molar-refractivity contribution >= 4 is 23.3 Å². The average Bonchev–Trinajstić information content (AvgIpc) is 2.76. The minimum atomic E-state index is -0.153. The second kappa shape index (κ2) is 6.11. The molecule has 0 radical (unpaired) electrons. The van der Waals surface area contributed by atoms with Gasteiger partial charge in [0, 0.05) is 30.7 Å². The zero-order chi connectivity index (χ0) is 14.7. The van der Waals surface area contributed by atoms with Crippen LogP contribution in [-0.4, -0.2) is 41.5 Å². The van der Waals surface area contributed by atoms with Gasteiger partial charge in [0.15, 0.2) is 5.84 Å². The number of oxime groups is 1. The van der Waals surface area contributed by atoms with Crippen molar-refractivity contribution < 1.29 is 10.0 Å². The number of likely N-dealkylation sites (N-methyl/N-ethyl adjacent to an activating group) is 1. The van der Waals surface area contributed by atoms with E-state index in [1.54, 1.807) is 30.1 Å². The number of amidine groups is 1. The van der Waals surface area contributed by atoms with E-state index in [0.717, 1.165) is 18.5 Å². The number of carbonyl (C=O) groups excluding carboxylic acids is 1. The Bertz CT molecular complexity index is 547. The van der Waals surface area contributed by atoms with Gasteiger partial charge in [-0.3, -0.25) is 4.79 Å². The molecule has 1 heterocycles. The van der Waals surface area contributed by atoms with E-state index in [9.17, 15) is 4.79 Å². The van der Waals surface area contributed by atoms with Gasteiger partial charge in [-0.1, -0.05) is 28.9 Å². The molecule has 0 aromatic heterocycles. The summed E-state index contributed by atoms with van der Waals surface area (Å²) in [5, 5.41) is 15.3. The first-order valence-corrected chi connectivity index (χ1v) is 6.65. The maximum absolute atomic E-state index is 11.8. The van der Waals surface area contributed by atoms with Gasteiger partial charge in [0.25, 0.3) is 0 Å². The molecule has 0 spiro atoms. The molecular weight excluding hydrogens is 280 g/mol. The standard InChI is InChI=1S/C13H17ClN4O2/c1-18-5-4-11(13(18)19)16-7-9-3-2-8(6-10(9)14)12(15)17-20/h2-3,6,11,16,20H,4-5,7H2,1H3,(H2,15,17). The van der Waals surface area contributed by atoms with Crippen molar-refractivity contribution in [3.63, 3.8) is 0 Å². The molecule has 4 N–H and O–H groups in total. The fourth-order valence-corrected chi connectivity index (χ4v) is 2.40. The van der Waals surface area contributed by atoms with E-state index in [-0.39, 0.29) is 17.8 Å². The van der Waals surface area contributed by atoms with Gasteiger partial charge in [0.2, 0.25) is 5.91 Å². The fraction of sp³-hybridized carbons (Fsp3) is 0.385. The van der Waals surface area contributed by atoms with Gasteiger partial charge in [-0.25, -0.2) is 0 Å². The lowest BCUT2D eigenvalue weighted by Gasteiger charge is -2.13. The van der Waals surface area contributed by atoms with Gasteiger partial charge in [0.05, 0.1) is 6.04 Å². The van der Waals surface area contributed by atoms with E-state index < -0.39 is 0 Å². The van der Waals surface area contributed by atoms with E-state index in [1.165, 1.54) is 0 Å². The first kappa shape index (κ1) is 14.6. The van der Waals surface area contributed by atoms with E-state index in [2.05, 4.69) is 10.5 Å². The maximum Gasteiger partial charge on any atom is 0.239 e. The molecule has 0 saturated carbocycles. The number of likely N-dealkylation sites (tertiary alicyclic amines) is 1. The summed E-state index contributed by atoms with van der Waals surface area (Å²) in [5.41, 5.74) is 6.91. The summed E-state index contributed by atoms with van der Waals surface area (Å²) in [6.45, 7) is 1.27. The molecule has 1 saturated heterocycles. The normalized spacial score (nSPS) is 19.7. The smallest absolute Gasteiger partial charge is 0.239 e. The summed E-state index contributed by atoms with van der Waals surface area (Å²) in [5.74, 6) is 0.119. The topological polar surface area (TPSA) is 90.9 Å². The second-order valence-electron chi connectivity index (χ2n) is 4.77. The third kappa shape index (κ3) is 3.02. The highest BCUT2D eigenvalue weighted by molar-refractivity contribution is 6.31. The van der Waals surface area contributed by atoms with Crippen molar-refractivity contribution in [3.05, 3.63) is 34.3 Å². The third-order valence-corrected chi connectivity index (χ3v) is 3.77. The molecule has 108 valence electrons. The molecule has 1 aliphatic heterocycles. The Morgan fingerprint density at radius 2 is 2.40 bits per heavy atom. The van der Waals surface area contributed by atoms with Crippen LogP contribution in [-0.2, 0) is 11.3 Å². The van der Waals surface area contributed by atoms with Crippen LogP contribution < -0.4 is 11.1 Å². The Morgan fingerprint density at radius 1 is 1.65 bits per heavy atom. The largest absolute Gasteiger partial charge is 0.409 e. The summed E-state index contributed by atoms with van der Waals surface area (Å²) in [6.07, 6.45) is 0.801. The van der Waals surface area contributed by atoms with E-state index >= 15 is 0 Å². The first-order chi connectivity index (χ1) is 9.52. The molecule has 7 heteroatoms. The number of nitrogens with two attached hydrogens (primary N) is 1. The molecule has 6 nitrogen and oxygen atoms in total. The zero-order valence-corrected chi connectivity index (χ0v) is 11.9. The third-order valence-electron chi connectivity index (χ3n) is 3.42. The summed E-state index contributed by atoms with van der Waals surface area (Å²) < 4.78 is 0. The number of halogens is 1. The Hall–Kier alpha value is -1.79. The SMILES string of the molecule is CN1CCC(NCc2ccc(/C(N)=N/O)cc2Cl)C1=O. The summed E-state index contributed by atoms with van der Waals surface area (Å²) >= 11 is 6.15. The van der Waals surface area contributed by atoms with Crippen molar-refractivity contribution in [2.45, 2.75) is 19.0 Å². The summed E-state index contributed by atoms with van der Waals surface area (Å²) in [4.78, 5) is 13.5. The molecule has 20 heavy (non-hydrogen) atoms. The lowest BCUT2D eigenvalue weighted by Crippen LogP contribution is -2.36. The highest BCUT2D eigenvalue weighted by Crippen LogP contribution is 2.19. The van der Waals surface area contributed by atoms with Gasteiger partial charge < -0.3 is 21.2 Å². The van der Waals surface area contributed by atoms with E-state index in [4.69, 9.17) is 22.5 Å². The predicted molar refractivity (Wildman–Crippen MR) is 76.8 cm³/mol. The molecule has 2 rings (SSSR count). The molecule has 1 fully saturated rings. The van der Waals surface area contributed by atoms with Crippen LogP contribution in [0.2, 0.25) is 5.02 Å². The number of nitrogens with one attached hydrogen (secondary N) is 1. The van der Waals surface area contributed by atoms with Gasteiger partial charge in [0.1, 0.15) is 0 Å². The van der Waals surface area contributed by atoms with Crippen molar-refractivity contribution in [1.82, 2.24) is 10.2 Å². The van der Waals surface area contributed by atoms with Crippen LogP contribution in [0.5, 0.6) is 0 Å². The Labute approximate surface area is 122 Å². The second-order valence-corrected chi connectivity index (χ2v) is 5.18. The lowest BCUT2D eigenvalue weighted by molar-refractivity contribution is -0.128. The van der Waals surface area contributed by atoms with Gasteiger partial charge in [-0.15, -0.1) is 0 Å². The van der Waals surface area contributed by atoms with Gasteiger partial charge in [-0.2, -0.15) is 0 Å². The van der Waals surface area contributed by atoms with Crippen molar-refractivity contribution in [1.29, 1.82) is 0 Å². The number of nitrogens with zero attached hydrogens (tertiary/aromatic N) is 2. The Balaban J connectivity index is 2.02. The number of amides is 1. The molecule has 1 aromatic rings. The maximum atomic E-state index is 11.8. The minimum absolute atomic E-state index is 0.0130. The molecule has 1 atom stereocenters. The Kier molecular flexibility index (Phi) is 4.46. The molecule has 1 aromatic carbocycles. The first-order valence-electron chi connectivity index (χ1n) is 6.27. The molecule has 1 amide bonds. The number of benzene rings is 1. The number of carbonyl (C=O) groups is 1. The number of hydrogen-bond acceptors (Lipinski definition) is 4. The van der Waals surface area contributed by atoms with Crippen LogP contribution in [0, 0.1) is 0 Å². The van der Waals surface area contributed by atoms with Crippen LogP contribution in [0.1, 0.15) is 17.5 Å². The van der Waals surface area contributed by atoms with Gasteiger partial charge in [-0.05, 0) is 18.1 Å². The number of rotatable bonds is 4. The van der Waals surface area contributed by atoms with Crippen molar-refractivity contribution in [2.75, 3.05) is 13.6 Å². The monoisotopic (exact) mass is 296 g/mol. The van der Waals surface area contributed by atoms with Crippen LogP contribution in [0.25, 0.3) is 0 Å². The summed E-state index contributed by atoms with van der Waals surface area (Å²) in [6, 6.07) is 5.00. The molecule has 1 aliphatic rings. The molecule has 0 aliphatic carbocycles. The lowest BCUT2D eigenvalue weighted by atomic mass is 10.1. The fourth-order valence-electron chi connectivity index (χ4n) is 2.15. The highest BCUT2D eigenvalue weighted by atomic mass is 35.5. The zero-order valence-electron chi connectivity index (χ0n) is 11.1. The highest BCUT2D eigenvalue weighted by Gasteiger charge is 2.28. The predicted octanol–water partition coefficient (Wildman–Crippen LogP) is 0.755. The number of hydrogen-bond donors (Lipinski definition) is 3. The van der Waals surface area contributed by atoms with Crippen LogP contribution in [0.15, 0.2) is 23.4 Å². The molecule has 0 bridgehead atoms. The van der Waals surface area contributed by atoms with Crippen molar-refractivity contribution in [3.8, 4) is 0 Å². The quantitative estimate of drug-likeness (QED) is 0.331. The van der Waals surface area contributed by atoms with Crippen LogP contribution in [0.4, 0.5) is 0 Å². The van der Waals surface area contributed by atoms with Crippen LogP contribution in [0.3, 0.4) is 0 Å². The van der Waals surface area contributed by atoms with Gasteiger partial charge >= 0.3 is 0 Å². The van der Waals surface area contributed by atoms with Crippen LogP contribution >= 0.6 is 11.6 Å². The average molecular weight is 297 g/mol. The minimum Gasteiger partial charge on any atom is -0.409 e. The van der Waals surface area contributed by atoms with Crippen molar-refractivity contribution in [2.24, 2.45) is 10.9 Å². The van der Waals surface area contributed by atoms with E-state index in [1.807, 2.05) is 0 Å².